The smallest absolute Gasteiger partial charge is 0.408 e. The Morgan fingerprint density at radius 1 is 1.11 bits per heavy atom. The van der Waals surface area contributed by atoms with Gasteiger partial charge in [0, 0.05) is 6.54 Å². The molecule has 1 atom stereocenters. The molecule has 3 rings (SSSR count). The third-order valence-electron chi connectivity index (χ3n) is 4.58. The van der Waals surface area contributed by atoms with Crippen molar-refractivity contribution in [3.8, 4) is 16.9 Å². The normalized spacial score (nSPS) is 17.1. The molecule has 0 aliphatic carbocycles. The standard InChI is InChI=1S/C19H23FN4O4/c1-19(2,3)15-13-14(27-17(21)25)12(11-7-5-4-6-8-11)16(20)23(13)9-10-24(15)28-18(22)26/h4-8,15H,9-10H2,1-3H3,(H2,21,25)(H2,22,26). The van der Waals surface area contributed by atoms with Crippen LogP contribution in [-0.4, -0.2) is 28.4 Å². The Labute approximate surface area is 161 Å². The Morgan fingerprint density at radius 2 is 1.75 bits per heavy atom. The van der Waals surface area contributed by atoms with Gasteiger partial charge >= 0.3 is 12.2 Å². The molecule has 8 nitrogen and oxygen atoms in total. The number of rotatable bonds is 3. The van der Waals surface area contributed by atoms with E-state index in [1.54, 1.807) is 30.3 Å². The first-order valence-electron chi connectivity index (χ1n) is 8.80. The average molecular weight is 390 g/mol. The van der Waals surface area contributed by atoms with Gasteiger partial charge in [-0.25, -0.2) is 9.59 Å². The third-order valence-corrected chi connectivity index (χ3v) is 4.58. The van der Waals surface area contributed by atoms with Gasteiger partial charge in [0.25, 0.3) is 0 Å². The van der Waals surface area contributed by atoms with E-state index >= 15 is 4.39 Å². The van der Waals surface area contributed by atoms with Gasteiger partial charge in [0.1, 0.15) is 0 Å². The summed E-state index contributed by atoms with van der Waals surface area (Å²) in [7, 11) is 0. The quantitative estimate of drug-likeness (QED) is 0.836. The predicted molar refractivity (Wildman–Crippen MR) is 99.6 cm³/mol. The van der Waals surface area contributed by atoms with E-state index in [2.05, 4.69) is 0 Å². The second-order valence-corrected chi connectivity index (χ2v) is 7.64. The molecule has 0 saturated carbocycles. The number of primary amides is 2. The molecule has 0 fully saturated rings. The zero-order valence-electron chi connectivity index (χ0n) is 15.9. The summed E-state index contributed by atoms with van der Waals surface area (Å²) >= 11 is 0. The first kappa shape index (κ1) is 19.7. The maximum absolute atomic E-state index is 15.4. The molecule has 2 heterocycles. The van der Waals surface area contributed by atoms with Crippen LogP contribution in [0.25, 0.3) is 11.1 Å². The van der Waals surface area contributed by atoms with Gasteiger partial charge < -0.3 is 25.6 Å². The lowest BCUT2D eigenvalue weighted by atomic mass is 9.83. The Bertz CT molecular complexity index is 905. The summed E-state index contributed by atoms with van der Waals surface area (Å²) in [5, 5.41) is 1.39. The van der Waals surface area contributed by atoms with Crippen LogP contribution in [0, 0.1) is 11.4 Å². The number of nitrogens with two attached hydrogens (primary N) is 2. The highest BCUT2D eigenvalue weighted by atomic mass is 19.1. The van der Waals surface area contributed by atoms with Crippen molar-refractivity contribution < 1.29 is 23.6 Å². The summed E-state index contributed by atoms with van der Waals surface area (Å²) in [6.45, 7) is 6.07. The van der Waals surface area contributed by atoms with Crippen molar-refractivity contribution in [3.63, 3.8) is 0 Å². The molecule has 1 unspecified atom stereocenters. The molecule has 1 aromatic heterocycles. The van der Waals surface area contributed by atoms with E-state index in [1.807, 2.05) is 20.8 Å². The summed E-state index contributed by atoms with van der Waals surface area (Å²) in [6, 6.07) is 8.10. The minimum absolute atomic E-state index is 0.00824. The average Bonchev–Trinajstić information content (AvgIpc) is 2.85. The van der Waals surface area contributed by atoms with Crippen LogP contribution in [0.5, 0.6) is 5.75 Å². The second-order valence-electron chi connectivity index (χ2n) is 7.64. The van der Waals surface area contributed by atoms with Gasteiger partial charge in [-0.2, -0.15) is 4.39 Å². The summed E-state index contributed by atoms with van der Waals surface area (Å²) in [5.74, 6) is -0.542. The number of carbonyl (C=O) groups excluding carboxylic acids is 2. The zero-order chi connectivity index (χ0) is 20.6. The Hall–Kier alpha value is -3.07. The fraction of sp³-hybridized carbons (Fsp3) is 0.368. The number of amides is 2. The zero-order valence-corrected chi connectivity index (χ0v) is 15.9. The summed E-state index contributed by atoms with van der Waals surface area (Å²) < 4.78 is 22.1. The van der Waals surface area contributed by atoms with Crippen LogP contribution >= 0.6 is 0 Å². The van der Waals surface area contributed by atoms with Gasteiger partial charge in [-0.3, -0.25) is 0 Å². The molecule has 0 bridgehead atoms. The Balaban J connectivity index is 2.28. The molecule has 2 amide bonds. The second kappa shape index (κ2) is 7.16. The molecule has 0 spiro atoms. The molecule has 28 heavy (non-hydrogen) atoms. The number of carbonyl (C=O) groups is 2. The number of aromatic nitrogens is 1. The lowest BCUT2D eigenvalue weighted by Crippen LogP contribution is -2.46. The molecule has 4 N–H and O–H groups in total. The SMILES string of the molecule is CC(C)(C)C1c2c(OC(N)=O)c(-c3ccccc3)c(F)n2CCN1OC(N)=O. The van der Waals surface area contributed by atoms with Crippen LogP contribution in [0.4, 0.5) is 14.0 Å². The van der Waals surface area contributed by atoms with E-state index in [9.17, 15) is 9.59 Å². The fourth-order valence-corrected chi connectivity index (χ4v) is 3.65. The number of halogens is 1. The van der Waals surface area contributed by atoms with Gasteiger partial charge in [0.05, 0.1) is 23.8 Å². The van der Waals surface area contributed by atoms with Gasteiger partial charge in [0.2, 0.25) is 5.95 Å². The number of benzene rings is 1. The van der Waals surface area contributed by atoms with Gasteiger partial charge in [-0.05, 0) is 11.0 Å². The van der Waals surface area contributed by atoms with Crippen molar-refractivity contribution >= 4 is 12.2 Å². The number of ether oxygens (including phenoxy) is 1. The van der Waals surface area contributed by atoms with E-state index in [0.29, 0.717) is 11.3 Å². The highest BCUT2D eigenvalue weighted by molar-refractivity contribution is 5.78. The molecule has 150 valence electrons. The number of hydrogen-bond donors (Lipinski definition) is 2. The van der Waals surface area contributed by atoms with Crippen LogP contribution in [0.2, 0.25) is 0 Å². The maximum Gasteiger partial charge on any atom is 0.423 e. The van der Waals surface area contributed by atoms with Crippen molar-refractivity contribution in [2.45, 2.75) is 33.4 Å². The molecule has 9 heteroatoms. The Kier molecular flexibility index (Phi) is 5.03. The lowest BCUT2D eigenvalue weighted by molar-refractivity contribution is -0.169. The number of hydroxylamine groups is 2. The predicted octanol–water partition coefficient (Wildman–Crippen LogP) is 3.16. The van der Waals surface area contributed by atoms with Gasteiger partial charge in [-0.1, -0.05) is 51.1 Å². The summed E-state index contributed by atoms with van der Waals surface area (Å²) in [4.78, 5) is 28.2. The molecule has 0 saturated heterocycles. The molecule has 1 aromatic carbocycles. The van der Waals surface area contributed by atoms with Gasteiger partial charge in [0.15, 0.2) is 5.75 Å². The van der Waals surface area contributed by atoms with E-state index in [-0.39, 0.29) is 24.4 Å². The third kappa shape index (κ3) is 3.53. The molecular weight excluding hydrogens is 367 g/mol. The molecule has 1 aliphatic heterocycles. The van der Waals surface area contributed by atoms with E-state index in [1.165, 1.54) is 9.63 Å². The largest absolute Gasteiger partial charge is 0.423 e. The highest BCUT2D eigenvalue weighted by Gasteiger charge is 2.44. The molecule has 2 aromatic rings. The lowest BCUT2D eigenvalue weighted by Gasteiger charge is -2.41. The van der Waals surface area contributed by atoms with Crippen LogP contribution in [-0.2, 0) is 11.4 Å². The summed E-state index contributed by atoms with van der Waals surface area (Å²) in [5.41, 5.74) is 11.0. The van der Waals surface area contributed by atoms with Crippen LogP contribution < -0.4 is 16.2 Å². The van der Waals surface area contributed by atoms with Crippen LogP contribution in [0.15, 0.2) is 30.3 Å². The number of nitrogens with zero attached hydrogens (tertiary/aromatic N) is 2. The first-order chi connectivity index (χ1) is 13.1. The maximum atomic E-state index is 15.4. The van der Waals surface area contributed by atoms with Crippen molar-refractivity contribution in [3.05, 3.63) is 42.0 Å². The van der Waals surface area contributed by atoms with E-state index in [0.717, 1.165) is 0 Å². The first-order valence-corrected chi connectivity index (χ1v) is 8.80. The van der Waals surface area contributed by atoms with Crippen molar-refractivity contribution in [2.75, 3.05) is 6.54 Å². The van der Waals surface area contributed by atoms with Crippen molar-refractivity contribution in [1.82, 2.24) is 9.63 Å². The number of hydrogen-bond acceptors (Lipinski definition) is 5. The summed E-state index contributed by atoms with van der Waals surface area (Å²) in [6.07, 6.45) is -2.04. The van der Waals surface area contributed by atoms with Crippen molar-refractivity contribution in [1.29, 1.82) is 0 Å². The highest BCUT2D eigenvalue weighted by Crippen LogP contribution is 2.49. The molecular formula is C19H23FN4O4. The Morgan fingerprint density at radius 3 is 2.29 bits per heavy atom. The monoisotopic (exact) mass is 390 g/mol. The molecule has 0 radical (unpaired) electrons. The van der Waals surface area contributed by atoms with Crippen LogP contribution in [0.3, 0.4) is 0 Å². The van der Waals surface area contributed by atoms with Crippen LogP contribution in [0.1, 0.15) is 32.5 Å². The molecule has 1 aliphatic rings. The van der Waals surface area contributed by atoms with E-state index in [4.69, 9.17) is 21.0 Å². The van der Waals surface area contributed by atoms with E-state index < -0.39 is 29.6 Å². The topological polar surface area (TPSA) is 113 Å². The van der Waals surface area contributed by atoms with Crippen molar-refractivity contribution in [2.24, 2.45) is 16.9 Å². The minimum Gasteiger partial charge on any atom is -0.408 e. The number of fused-ring (bicyclic) bond motifs is 1. The fourth-order valence-electron chi connectivity index (χ4n) is 3.65. The van der Waals surface area contributed by atoms with Gasteiger partial charge in [-0.15, -0.1) is 5.06 Å². The minimum atomic E-state index is -1.06.